The first-order chi connectivity index (χ1) is 13.5. The molecule has 2 aromatic rings. The molecule has 1 fully saturated rings. The van der Waals surface area contributed by atoms with Crippen molar-refractivity contribution in [1.29, 1.82) is 0 Å². The number of likely N-dealkylation sites (tertiary alicyclic amines) is 1. The van der Waals surface area contributed by atoms with Crippen LogP contribution < -0.4 is 5.32 Å². The summed E-state index contributed by atoms with van der Waals surface area (Å²) in [6, 6.07) is 17.0. The van der Waals surface area contributed by atoms with E-state index in [1.807, 2.05) is 6.07 Å². The molecule has 0 aromatic heterocycles. The molecular formula is C25H35N2O+. The maximum absolute atomic E-state index is 13.3. The Morgan fingerprint density at radius 2 is 1.75 bits per heavy atom. The van der Waals surface area contributed by atoms with Crippen LogP contribution in [0.5, 0.6) is 0 Å². The highest BCUT2D eigenvalue weighted by Gasteiger charge is 2.40. The zero-order valence-electron chi connectivity index (χ0n) is 17.9. The predicted molar refractivity (Wildman–Crippen MR) is 118 cm³/mol. The van der Waals surface area contributed by atoms with Gasteiger partial charge in [-0.3, -0.25) is 4.79 Å². The van der Waals surface area contributed by atoms with Gasteiger partial charge in [-0.2, -0.15) is 0 Å². The summed E-state index contributed by atoms with van der Waals surface area (Å²) >= 11 is 0. The number of carbonyl (C=O) groups excluding carboxylic acids is 1. The van der Waals surface area contributed by atoms with E-state index in [2.05, 4.69) is 75.5 Å². The molecule has 0 bridgehead atoms. The summed E-state index contributed by atoms with van der Waals surface area (Å²) < 4.78 is 0.871. The van der Waals surface area contributed by atoms with Gasteiger partial charge in [0.25, 0.3) is 5.91 Å². The van der Waals surface area contributed by atoms with E-state index in [4.69, 9.17) is 0 Å². The minimum atomic E-state index is -0.0617. The first-order valence-corrected chi connectivity index (χ1v) is 10.7. The molecule has 28 heavy (non-hydrogen) atoms. The van der Waals surface area contributed by atoms with E-state index in [0.717, 1.165) is 40.9 Å². The summed E-state index contributed by atoms with van der Waals surface area (Å²) in [5, 5.41) is 3.26. The van der Waals surface area contributed by atoms with Gasteiger partial charge in [0.15, 0.2) is 6.04 Å². The summed E-state index contributed by atoms with van der Waals surface area (Å²) in [6.45, 7) is 11.6. The second-order valence-corrected chi connectivity index (χ2v) is 8.48. The van der Waals surface area contributed by atoms with Crippen molar-refractivity contribution in [1.82, 2.24) is 0 Å². The summed E-state index contributed by atoms with van der Waals surface area (Å²) in [5.74, 6) is 0.673. The molecule has 0 saturated carbocycles. The van der Waals surface area contributed by atoms with Gasteiger partial charge < -0.3 is 9.80 Å². The van der Waals surface area contributed by atoms with Crippen LogP contribution in [0.1, 0.15) is 55.7 Å². The third kappa shape index (κ3) is 4.30. The van der Waals surface area contributed by atoms with E-state index in [9.17, 15) is 4.79 Å². The third-order valence-corrected chi connectivity index (χ3v) is 6.82. The smallest absolute Gasteiger partial charge is 0.282 e. The standard InChI is InChI=1S/C25H34N2O/c1-5-27(17-10-9-16-23(18-27)22-14-7-6-8-15-22)21(4)25(28)26-24-19(2)12-11-13-20(24)3/h6-8,11-15,21,23H,5,9-10,16-18H2,1-4H3/p+1. The number of hydrogen-bond acceptors (Lipinski definition) is 1. The van der Waals surface area contributed by atoms with E-state index in [1.54, 1.807) is 0 Å². The second-order valence-electron chi connectivity index (χ2n) is 8.48. The number of hydrogen-bond donors (Lipinski definition) is 1. The average molecular weight is 380 g/mol. The third-order valence-electron chi connectivity index (χ3n) is 6.82. The van der Waals surface area contributed by atoms with Crippen molar-refractivity contribution < 1.29 is 9.28 Å². The minimum absolute atomic E-state index is 0.0617. The van der Waals surface area contributed by atoms with E-state index < -0.39 is 0 Å². The van der Waals surface area contributed by atoms with Crippen molar-refractivity contribution in [2.24, 2.45) is 0 Å². The van der Waals surface area contributed by atoms with Crippen LogP contribution >= 0.6 is 0 Å². The number of quaternary nitrogens is 1. The number of para-hydroxylation sites is 1. The van der Waals surface area contributed by atoms with E-state index in [0.29, 0.717) is 5.92 Å². The van der Waals surface area contributed by atoms with Crippen molar-refractivity contribution in [3.63, 3.8) is 0 Å². The monoisotopic (exact) mass is 379 g/mol. The summed E-state index contributed by atoms with van der Waals surface area (Å²) in [6.07, 6.45) is 3.65. The largest absolute Gasteiger partial charge is 0.320 e. The lowest BCUT2D eigenvalue weighted by Gasteiger charge is -2.43. The molecule has 1 heterocycles. The molecule has 3 nitrogen and oxygen atoms in total. The van der Waals surface area contributed by atoms with Crippen LogP contribution in [0.2, 0.25) is 0 Å². The average Bonchev–Trinajstić information content (AvgIpc) is 2.94. The summed E-state index contributed by atoms with van der Waals surface area (Å²) in [7, 11) is 0. The lowest BCUT2D eigenvalue weighted by Crippen LogP contribution is -2.60. The number of anilines is 1. The number of nitrogens with zero attached hydrogens (tertiary/aromatic N) is 1. The number of aryl methyl sites for hydroxylation is 2. The lowest BCUT2D eigenvalue weighted by molar-refractivity contribution is -0.939. The van der Waals surface area contributed by atoms with E-state index >= 15 is 0 Å². The molecule has 3 rings (SSSR count). The first kappa shape index (κ1) is 20.6. The maximum Gasteiger partial charge on any atom is 0.282 e. The number of carbonyl (C=O) groups is 1. The molecule has 150 valence electrons. The fraction of sp³-hybridized carbons (Fsp3) is 0.480. The molecule has 0 radical (unpaired) electrons. The Balaban J connectivity index is 1.83. The number of nitrogens with one attached hydrogen (secondary N) is 1. The molecular weight excluding hydrogens is 344 g/mol. The lowest BCUT2D eigenvalue weighted by atomic mass is 9.93. The number of amides is 1. The van der Waals surface area contributed by atoms with Crippen molar-refractivity contribution >= 4 is 11.6 Å². The minimum Gasteiger partial charge on any atom is -0.320 e. The van der Waals surface area contributed by atoms with Crippen LogP contribution in [0.3, 0.4) is 0 Å². The zero-order chi connectivity index (χ0) is 20.1. The fourth-order valence-corrected chi connectivity index (χ4v) is 4.84. The van der Waals surface area contributed by atoms with Gasteiger partial charge in [0, 0.05) is 11.6 Å². The van der Waals surface area contributed by atoms with Gasteiger partial charge in [0.2, 0.25) is 0 Å². The quantitative estimate of drug-likeness (QED) is 0.689. The molecule has 0 spiro atoms. The molecule has 1 amide bonds. The van der Waals surface area contributed by atoms with Gasteiger partial charge in [0.1, 0.15) is 0 Å². The Bertz CT molecular complexity index is 781. The highest BCUT2D eigenvalue weighted by atomic mass is 16.2. The molecule has 1 aliphatic heterocycles. The Kier molecular flexibility index (Phi) is 6.56. The molecule has 1 aliphatic rings. The normalized spacial score (nSPS) is 23.6. The summed E-state index contributed by atoms with van der Waals surface area (Å²) in [4.78, 5) is 13.3. The number of likely N-dealkylation sites (N-methyl/N-ethyl adjacent to an activating group) is 1. The Morgan fingerprint density at radius 1 is 1.07 bits per heavy atom. The van der Waals surface area contributed by atoms with Crippen LogP contribution in [0.4, 0.5) is 5.69 Å². The highest BCUT2D eigenvalue weighted by Crippen LogP contribution is 2.33. The molecule has 1 saturated heterocycles. The highest BCUT2D eigenvalue weighted by molar-refractivity contribution is 5.95. The molecule has 3 heteroatoms. The summed E-state index contributed by atoms with van der Waals surface area (Å²) in [5.41, 5.74) is 4.65. The second kappa shape index (κ2) is 8.91. The molecule has 2 aromatic carbocycles. The van der Waals surface area contributed by atoms with Crippen LogP contribution in [-0.2, 0) is 4.79 Å². The number of rotatable bonds is 5. The molecule has 3 unspecified atom stereocenters. The number of benzene rings is 2. The van der Waals surface area contributed by atoms with Crippen molar-refractivity contribution in [2.75, 3.05) is 25.0 Å². The predicted octanol–water partition coefficient (Wildman–Crippen LogP) is 5.43. The Morgan fingerprint density at radius 3 is 2.39 bits per heavy atom. The van der Waals surface area contributed by atoms with Crippen LogP contribution in [-0.4, -0.2) is 36.1 Å². The molecule has 3 atom stereocenters. The molecule has 0 aliphatic carbocycles. The van der Waals surface area contributed by atoms with Gasteiger partial charge in [-0.05, 0) is 63.6 Å². The SMILES string of the molecule is CC[N+]1(C(C)C(=O)Nc2c(C)cccc2C)CCCCC(c2ccccc2)C1. The van der Waals surface area contributed by atoms with Crippen LogP contribution in [0.25, 0.3) is 0 Å². The van der Waals surface area contributed by atoms with Gasteiger partial charge in [-0.1, -0.05) is 48.5 Å². The Hall–Kier alpha value is -2.13. The van der Waals surface area contributed by atoms with Crippen LogP contribution in [0.15, 0.2) is 48.5 Å². The maximum atomic E-state index is 13.3. The van der Waals surface area contributed by atoms with Gasteiger partial charge >= 0.3 is 0 Å². The first-order valence-electron chi connectivity index (χ1n) is 10.7. The van der Waals surface area contributed by atoms with E-state index in [1.165, 1.54) is 24.8 Å². The van der Waals surface area contributed by atoms with Crippen molar-refractivity contribution in [2.45, 2.75) is 58.9 Å². The van der Waals surface area contributed by atoms with Gasteiger partial charge in [0.05, 0.1) is 19.6 Å². The van der Waals surface area contributed by atoms with Crippen molar-refractivity contribution in [3.05, 3.63) is 65.2 Å². The van der Waals surface area contributed by atoms with Crippen molar-refractivity contribution in [3.8, 4) is 0 Å². The fourth-order valence-electron chi connectivity index (χ4n) is 4.84. The molecule has 1 N–H and O–H groups in total. The van der Waals surface area contributed by atoms with Gasteiger partial charge in [-0.25, -0.2) is 0 Å². The zero-order valence-corrected chi connectivity index (χ0v) is 17.9. The van der Waals surface area contributed by atoms with Crippen LogP contribution in [0, 0.1) is 13.8 Å². The topological polar surface area (TPSA) is 29.1 Å². The van der Waals surface area contributed by atoms with Gasteiger partial charge in [-0.15, -0.1) is 0 Å². The Labute approximate surface area is 170 Å². The van der Waals surface area contributed by atoms with E-state index in [-0.39, 0.29) is 11.9 Å².